The van der Waals surface area contributed by atoms with Crippen LogP contribution in [0.2, 0.25) is 0 Å². The van der Waals surface area contributed by atoms with Gasteiger partial charge in [-0.05, 0) is 20.9 Å². The first kappa shape index (κ1) is 13.6. The van der Waals surface area contributed by atoms with Gasteiger partial charge in [-0.3, -0.25) is 0 Å². The van der Waals surface area contributed by atoms with Crippen molar-refractivity contribution in [2.24, 2.45) is 0 Å². The van der Waals surface area contributed by atoms with Crippen molar-refractivity contribution in [1.82, 2.24) is 15.0 Å². The monoisotopic (exact) mass is 263 g/mol. The summed E-state index contributed by atoms with van der Waals surface area (Å²) < 4.78 is 24.5. The predicted octanol–water partition coefficient (Wildman–Crippen LogP) is 0.399. The molecule has 0 saturated carbocycles. The molecular weight excluding hydrogens is 246 g/mol. The van der Waals surface area contributed by atoms with Gasteiger partial charge in [-0.2, -0.15) is 0 Å². The molecule has 2 N–H and O–H groups in total. The molecule has 0 unspecified atom stereocenters. The molecule has 0 bridgehead atoms. The Morgan fingerprint density at radius 2 is 2.06 bits per heavy atom. The molecule has 1 heterocycles. The smallest absolute Gasteiger partial charge is 0.212 e. The van der Waals surface area contributed by atoms with Gasteiger partial charge < -0.3 is 5.32 Å². The minimum atomic E-state index is -3.10. The van der Waals surface area contributed by atoms with Crippen molar-refractivity contribution in [3.05, 3.63) is 15.6 Å². The van der Waals surface area contributed by atoms with Crippen LogP contribution in [0, 0.1) is 13.8 Å². The van der Waals surface area contributed by atoms with Gasteiger partial charge in [0.1, 0.15) is 0 Å². The number of nitrogens with zero attached hydrogens (tertiary/aromatic N) is 1. The van der Waals surface area contributed by atoms with Crippen LogP contribution in [-0.4, -0.2) is 32.7 Å². The van der Waals surface area contributed by atoms with Crippen molar-refractivity contribution < 1.29 is 8.42 Å². The largest absolute Gasteiger partial charge is 0.311 e. The minimum absolute atomic E-state index is 0.0976. The summed E-state index contributed by atoms with van der Waals surface area (Å²) >= 11 is 1.64. The molecule has 1 rings (SSSR count). The Balaban J connectivity index is 2.34. The van der Waals surface area contributed by atoms with Gasteiger partial charge in [0.15, 0.2) is 0 Å². The van der Waals surface area contributed by atoms with E-state index in [-0.39, 0.29) is 5.75 Å². The van der Waals surface area contributed by atoms with E-state index in [9.17, 15) is 8.42 Å². The maximum Gasteiger partial charge on any atom is 0.212 e. The lowest BCUT2D eigenvalue weighted by Crippen LogP contribution is -2.29. The lowest BCUT2D eigenvalue weighted by Gasteiger charge is -2.04. The SMILES string of the molecule is CNS(=O)(=O)CCNCc1sc(C)nc1C. The molecule has 5 nitrogen and oxygen atoms in total. The summed E-state index contributed by atoms with van der Waals surface area (Å²) in [6.45, 7) is 5.05. The molecule has 0 aliphatic rings. The van der Waals surface area contributed by atoms with Gasteiger partial charge in [-0.1, -0.05) is 0 Å². The van der Waals surface area contributed by atoms with E-state index in [2.05, 4.69) is 15.0 Å². The Kier molecular flexibility index (Phi) is 4.85. The van der Waals surface area contributed by atoms with E-state index in [0.29, 0.717) is 13.1 Å². The molecule has 0 atom stereocenters. The molecule has 0 amide bonds. The molecular formula is C9H17N3O2S2. The van der Waals surface area contributed by atoms with Crippen molar-refractivity contribution in [1.29, 1.82) is 0 Å². The number of rotatable bonds is 6. The third-order valence-electron chi connectivity index (χ3n) is 2.14. The van der Waals surface area contributed by atoms with Gasteiger partial charge in [0.25, 0.3) is 0 Å². The van der Waals surface area contributed by atoms with E-state index in [1.165, 1.54) is 11.9 Å². The third kappa shape index (κ3) is 4.17. The van der Waals surface area contributed by atoms with E-state index >= 15 is 0 Å². The maximum atomic E-state index is 11.1. The summed E-state index contributed by atoms with van der Waals surface area (Å²) in [6.07, 6.45) is 0. The van der Waals surface area contributed by atoms with Crippen LogP contribution < -0.4 is 10.0 Å². The van der Waals surface area contributed by atoms with Gasteiger partial charge in [-0.15, -0.1) is 11.3 Å². The summed E-state index contributed by atoms with van der Waals surface area (Å²) in [5.41, 5.74) is 1.02. The Hall–Kier alpha value is -0.500. The molecule has 0 spiro atoms. The first-order valence-corrected chi connectivity index (χ1v) is 7.46. The normalized spacial score (nSPS) is 11.9. The molecule has 0 fully saturated rings. The number of sulfonamides is 1. The molecule has 16 heavy (non-hydrogen) atoms. The molecule has 7 heteroatoms. The summed E-state index contributed by atoms with van der Waals surface area (Å²) in [5, 5.41) is 4.14. The highest BCUT2D eigenvalue weighted by molar-refractivity contribution is 7.89. The maximum absolute atomic E-state index is 11.1. The zero-order valence-electron chi connectivity index (χ0n) is 9.70. The van der Waals surface area contributed by atoms with Crippen molar-refractivity contribution >= 4 is 21.4 Å². The quantitative estimate of drug-likeness (QED) is 0.729. The average Bonchev–Trinajstić information content (AvgIpc) is 2.52. The zero-order chi connectivity index (χ0) is 12.2. The zero-order valence-corrected chi connectivity index (χ0v) is 11.3. The first-order chi connectivity index (χ1) is 7.44. The van der Waals surface area contributed by atoms with Crippen LogP contribution in [0.4, 0.5) is 0 Å². The Labute approximate surface area is 100 Å². The summed E-state index contributed by atoms with van der Waals surface area (Å²) in [5.74, 6) is 0.0976. The van der Waals surface area contributed by atoms with Crippen LogP contribution in [0.25, 0.3) is 0 Å². The number of hydrogen-bond acceptors (Lipinski definition) is 5. The van der Waals surface area contributed by atoms with E-state index < -0.39 is 10.0 Å². The van der Waals surface area contributed by atoms with Crippen LogP contribution in [0.3, 0.4) is 0 Å². The second kappa shape index (κ2) is 5.72. The van der Waals surface area contributed by atoms with Crippen LogP contribution in [0.1, 0.15) is 15.6 Å². The first-order valence-electron chi connectivity index (χ1n) is 4.99. The van der Waals surface area contributed by atoms with Crippen molar-refractivity contribution in [2.45, 2.75) is 20.4 Å². The summed E-state index contributed by atoms with van der Waals surface area (Å²) in [6, 6.07) is 0. The van der Waals surface area contributed by atoms with E-state index in [4.69, 9.17) is 0 Å². The average molecular weight is 263 g/mol. The third-order valence-corrected chi connectivity index (χ3v) is 4.58. The van der Waals surface area contributed by atoms with Crippen LogP contribution >= 0.6 is 11.3 Å². The lowest BCUT2D eigenvalue weighted by molar-refractivity contribution is 0.583. The second-order valence-corrected chi connectivity index (χ2v) is 6.77. The molecule has 0 aliphatic carbocycles. The predicted molar refractivity (Wildman–Crippen MR) is 66.1 cm³/mol. The minimum Gasteiger partial charge on any atom is -0.311 e. The van der Waals surface area contributed by atoms with Gasteiger partial charge in [0.05, 0.1) is 16.5 Å². The molecule has 0 saturated heterocycles. The number of aryl methyl sites for hydroxylation is 2. The van der Waals surface area contributed by atoms with Gasteiger partial charge in [-0.25, -0.2) is 18.1 Å². The fourth-order valence-corrected chi connectivity index (χ4v) is 2.77. The van der Waals surface area contributed by atoms with E-state index in [1.807, 2.05) is 13.8 Å². The molecule has 0 radical (unpaired) electrons. The van der Waals surface area contributed by atoms with Gasteiger partial charge in [0, 0.05) is 18.0 Å². The number of nitrogens with one attached hydrogen (secondary N) is 2. The molecule has 1 aromatic heterocycles. The van der Waals surface area contributed by atoms with Gasteiger partial charge in [0.2, 0.25) is 10.0 Å². The highest BCUT2D eigenvalue weighted by Crippen LogP contribution is 2.16. The van der Waals surface area contributed by atoms with Crippen molar-refractivity contribution in [3.63, 3.8) is 0 Å². The summed E-state index contributed by atoms with van der Waals surface area (Å²) in [7, 11) is -1.68. The summed E-state index contributed by atoms with van der Waals surface area (Å²) in [4.78, 5) is 5.47. The second-order valence-electron chi connectivity index (χ2n) is 3.44. The van der Waals surface area contributed by atoms with Gasteiger partial charge >= 0.3 is 0 Å². The Morgan fingerprint density at radius 1 is 1.38 bits per heavy atom. The molecule has 0 aromatic carbocycles. The number of hydrogen-bond donors (Lipinski definition) is 2. The standard InChI is InChI=1S/C9H17N3O2S2/c1-7-9(15-8(2)12-7)6-11-4-5-16(13,14)10-3/h10-11H,4-6H2,1-3H3. The fraction of sp³-hybridized carbons (Fsp3) is 0.667. The highest BCUT2D eigenvalue weighted by Gasteiger charge is 2.07. The van der Waals surface area contributed by atoms with Crippen molar-refractivity contribution in [2.75, 3.05) is 19.3 Å². The topological polar surface area (TPSA) is 71.1 Å². The lowest BCUT2D eigenvalue weighted by atomic mass is 10.4. The van der Waals surface area contributed by atoms with E-state index in [0.717, 1.165) is 10.7 Å². The Morgan fingerprint density at radius 3 is 2.56 bits per heavy atom. The number of thiazole rings is 1. The van der Waals surface area contributed by atoms with Crippen LogP contribution in [0.5, 0.6) is 0 Å². The number of aromatic nitrogens is 1. The van der Waals surface area contributed by atoms with E-state index in [1.54, 1.807) is 11.3 Å². The van der Waals surface area contributed by atoms with Crippen LogP contribution in [0.15, 0.2) is 0 Å². The Bertz CT molecular complexity index is 440. The van der Waals surface area contributed by atoms with Crippen LogP contribution in [-0.2, 0) is 16.6 Å². The molecule has 0 aliphatic heterocycles. The highest BCUT2D eigenvalue weighted by atomic mass is 32.2. The molecule has 92 valence electrons. The fourth-order valence-electron chi connectivity index (χ4n) is 1.25. The van der Waals surface area contributed by atoms with Crippen molar-refractivity contribution in [3.8, 4) is 0 Å². The molecule has 1 aromatic rings.